The van der Waals surface area contributed by atoms with Gasteiger partial charge in [-0.25, -0.2) is 4.79 Å². The van der Waals surface area contributed by atoms with Crippen LogP contribution in [-0.2, 0) is 6.54 Å². The molecule has 21 heavy (non-hydrogen) atoms. The highest BCUT2D eigenvalue weighted by atomic mass is 16.4. The summed E-state index contributed by atoms with van der Waals surface area (Å²) in [5, 5.41) is 29.6. The van der Waals surface area contributed by atoms with Gasteiger partial charge in [-0.05, 0) is 30.3 Å². The molecular weight excluding hydrogens is 268 g/mol. The number of hydrogen-bond acceptors (Lipinski definition) is 5. The Hall–Kier alpha value is -3.38. The summed E-state index contributed by atoms with van der Waals surface area (Å²) in [6, 6.07) is 11.9. The minimum atomic E-state index is -1.02. The molecule has 0 atom stereocenters. The first-order valence-corrected chi connectivity index (χ1v) is 6.00. The average molecular weight is 278 g/mol. The van der Waals surface area contributed by atoms with Crippen LogP contribution < -0.4 is 5.32 Å². The topological polar surface area (TPSA) is 110 Å². The summed E-state index contributed by atoms with van der Waals surface area (Å²) in [5.74, 6) is -1.02. The molecule has 2 N–H and O–H groups in total. The second-order valence-corrected chi connectivity index (χ2v) is 4.18. The first-order chi connectivity index (χ1) is 10.1. The van der Waals surface area contributed by atoms with Gasteiger partial charge in [0, 0.05) is 11.9 Å². The number of carboxylic acid groups (broad SMARTS) is 1. The van der Waals surface area contributed by atoms with Crippen LogP contribution in [0.3, 0.4) is 0 Å². The summed E-state index contributed by atoms with van der Waals surface area (Å²) in [6.45, 7) is 0.386. The number of nitrogens with one attached hydrogen (secondary N) is 1. The predicted octanol–water partition coefficient (Wildman–Crippen LogP) is 2.14. The van der Waals surface area contributed by atoms with Crippen LogP contribution in [-0.4, -0.2) is 16.1 Å². The maximum atomic E-state index is 10.7. The zero-order valence-corrected chi connectivity index (χ0v) is 10.9. The van der Waals surface area contributed by atoms with Gasteiger partial charge in [-0.1, -0.05) is 0 Å². The second-order valence-electron chi connectivity index (χ2n) is 4.18. The molecule has 0 aliphatic carbocycles. The summed E-state index contributed by atoms with van der Waals surface area (Å²) in [4.78, 5) is 14.7. The summed E-state index contributed by atoms with van der Waals surface area (Å²) in [5.41, 5.74) is 2.12. The number of aromatic carboxylic acids is 1. The molecule has 6 nitrogen and oxygen atoms in total. The Bertz CT molecular complexity index is 755. The van der Waals surface area contributed by atoms with Crippen LogP contribution in [0.1, 0.15) is 27.2 Å². The third-order valence-corrected chi connectivity index (χ3v) is 2.81. The molecule has 0 saturated heterocycles. The van der Waals surface area contributed by atoms with Gasteiger partial charge in [-0.3, -0.25) is 4.98 Å². The maximum Gasteiger partial charge on any atom is 0.337 e. The molecule has 1 heterocycles. The maximum absolute atomic E-state index is 10.7. The molecule has 0 saturated carbocycles. The van der Waals surface area contributed by atoms with Crippen molar-refractivity contribution in [3.05, 3.63) is 58.9 Å². The minimum Gasteiger partial charge on any atom is -0.478 e. The summed E-state index contributed by atoms with van der Waals surface area (Å²) in [7, 11) is 0. The molecule has 0 aliphatic heterocycles. The number of anilines is 1. The fourth-order valence-corrected chi connectivity index (χ4v) is 1.69. The number of nitriles is 2. The molecule has 0 fully saturated rings. The number of carbonyl (C=O) groups is 1. The highest BCUT2D eigenvalue weighted by Gasteiger charge is 2.05. The Labute approximate surface area is 120 Å². The number of rotatable bonds is 4. The summed E-state index contributed by atoms with van der Waals surface area (Å²) >= 11 is 0. The second kappa shape index (κ2) is 6.18. The fourth-order valence-electron chi connectivity index (χ4n) is 1.69. The first-order valence-electron chi connectivity index (χ1n) is 6.00. The van der Waals surface area contributed by atoms with Crippen molar-refractivity contribution in [3.8, 4) is 12.1 Å². The number of nitrogens with zero attached hydrogens (tertiary/aromatic N) is 3. The standard InChI is InChI=1S/C15H10N4O2/c16-6-10-1-3-13(5-12(10)7-17)19-9-14-4-2-11(8-18-14)15(20)21/h1-5,8,19H,9H2,(H,20,21). The number of benzene rings is 1. The lowest BCUT2D eigenvalue weighted by Gasteiger charge is -2.07. The van der Waals surface area contributed by atoms with Gasteiger partial charge in [0.25, 0.3) is 0 Å². The van der Waals surface area contributed by atoms with E-state index in [1.807, 2.05) is 12.1 Å². The van der Waals surface area contributed by atoms with Gasteiger partial charge in [0.05, 0.1) is 28.9 Å². The van der Waals surface area contributed by atoms with E-state index in [0.717, 1.165) is 0 Å². The lowest BCUT2D eigenvalue weighted by atomic mass is 10.1. The average Bonchev–Trinajstić information content (AvgIpc) is 2.52. The van der Waals surface area contributed by atoms with Gasteiger partial charge in [0.15, 0.2) is 0 Å². The highest BCUT2D eigenvalue weighted by Crippen LogP contribution is 2.15. The van der Waals surface area contributed by atoms with Gasteiger partial charge in [-0.15, -0.1) is 0 Å². The molecule has 0 bridgehead atoms. The van der Waals surface area contributed by atoms with Crippen LogP contribution in [0.25, 0.3) is 0 Å². The van der Waals surface area contributed by atoms with Gasteiger partial charge < -0.3 is 10.4 Å². The quantitative estimate of drug-likeness (QED) is 0.886. The molecule has 0 spiro atoms. The molecular formula is C15H10N4O2. The van der Waals surface area contributed by atoms with Crippen molar-refractivity contribution in [3.63, 3.8) is 0 Å². The Morgan fingerprint density at radius 1 is 1.19 bits per heavy atom. The van der Waals surface area contributed by atoms with Crippen molar-refractivity contribution in [2.75, 3.05) is 5.32 Å². The van der Waals surface area contributed by atoms with Crippen LogP contribution in [0.5, 0.6) is 0 Å². The van der Waals surface area contributed by atoms with Crippen LogP contribution in [0.15, 0.2) is 36.5 Å². The van der Waals surface area contributed by atoms with Crippen molar-refractivity contribution in [2.24, 2.45) is 0 Å². The van der Waals surface area contributed by atoms with Crippen molar-refractivity contribution >= 4 is 11.7 Å². The van der Waals surface area contributed by atoms with E-state index >= 15 is 0 Å². The first kappa shape index (κ1) is 14.0. The molecule has 102 valence electrons. The van der Waals surface area contributed by atoms with Gasteiger partial charge >= 0.3 is 5.97 Å². The number of carboxylic acids is 1. The monoisotopic (exact) mass is 278 g/mol. The van der Waals surface area contributed by atoms with Crippen molar-refractivity contribution in [1.29, 1.82) is 10.5 Å². The smallest absolute Gasteiger partial charge is 0.337 e. The molecule has 0 amide bonds. The van der Waals surface area contributed by atoms with E-state index in [2.05, 4.69) is 10.3 Å². The van der Waals surface area contributed by atoms with Gasteiger partial charge in [0.1, 0.15) is 12.1 Å². The van der Waals surface area contributed by atoms with E-state index < -0.39 is 5.97 Å². The van der Waals surface area contributed by atoms with Crippen LogP contribution in [0.2, 0.25) is 0 Å². The molecule has 6 heteroatoms. The van der Waals surface area contributed by atoms with E-state index in [4.69, 9.17) is 15.6 Å². The fraction of sp³-hybridized carbons (Fsp3) is 0.0667. The molecule has 1 aromatic heterocycles. The summed E-state index contributed by atoms with van der Waals surface area (Å²) < 4.78 is 0. The van der Waals surface area contributed by atoms with E-state index in [1.165, 1.54) is 12.3 Å². The Morgan fingerprint density at radius 2 is 1.95 bits per heavy atom. The zero-order chi connectivity index (χ0) is 15.2. The van der Waals surface area contributed by atoms with Crippen LogP contribution >= 0.6 is 0 Å². The normalized spacial score (nSPS) is 9.43. The zero-order valence-electron chi connectivity index (χ0n) is 10.9. The summed E-state index contributed by atoms with van der Waals surface area (Å²) in [6.07, 6.45) is 1.29. The third kappa shape index (κ3) is 3.34. The van der Waals surface area contributed by atoms with Crippen LogP contribution in [0.4, 0.5) is 5.69 Å². The largest absolute Gasteiger partial charge is 0.478 e. The van der Waals surface area contributed by atoms with Crippen LogP contribution in [0, 0.1) is 22.7 Å². The molecule has 0 radical (unpaired) electrons. The van der Waals surface area contributed by atoms with Crippen molar-refractivity contribution < 1.29 is 9.90 Å². The number of pyridine rings is 1. The lowest BCUT2D eigenvalue weighted by Crippen LogP contribution is -2.04. The number of aromatic nitrogens is 1. The van der Waals surface area contributed by atoms with Crippen molar-refractivity contribution in [2.45, 2.75) is 6.54 Å². The SMILES string of the molecule is N#Cc1ccc(NCc2ccc(C(=O)O)cn2)cc1C#N. The van der Waals surface area contributed by atoms with E-state index in [1.54, 1.807) is 24.3 Å². The molecule has 1 aromatic carbocycles. The van der Waals surface area contributed by atoms with E-state index in [9.17, 15) is 4.79 Å². The molecule has 2 rings (SSSR count). The molecule has 2 aromatic rings. The van der Waals surface area contributed by atoms with Gasteiger partial charge in [0.2, 0.25) is 0 Å². The van der Waals surface area contributed by atoms with Crippen molar-refractivity contribution in [1.82, 2.24) is 4.98 Å². The molecule has 0 aliphatic rings. The Kier molecular flexibility index (Phi) is 4.13. The van der Waals surface area contributed by atoms with Gasteiger partial charge in [-0.2, -0.15) is 10.5 Å². The highest BCUT2D eigenvalue weighted by molar-refractivity contribution is 5.87. The van der Waals surface area contributed by atoms with E-state index in [-0.39, 0.29) is 5.56 Å². The Balaban J connectivity index is 2.08. The minimum absolute atomic E-state index is 0.129. The number of hydrogen-bond donors (Lipinski definition) is 2. The third-order valence-electron chi connectivity index (χ3n) is 2.81. The lowest BCUT2D eigenvalue weighted by molar-refractivity contribution is 0.0696. The van der Waals surface area contributed by atoms with E-state index in [0.29, 0.717) is 29.1 Å². The predicted molar refractivity (Wildman–Crippen MR) is 74.4 cm³/mol. The molecule has 0 unspecified atom stereocenters. The Morgan fingerprint density at radius 3 is 2.52 bits per heavy atom.